The van der Waals surface area contributed by atoms with Crippen molar-refractivity contribution in [2.75, 3.05) is 11.9 Å². The number of anilines is 1. The van der Waals surface area contributed by atoms with Gasteiger partial charge in [0.15, 0.2) is 5.78 Å². The van der Waals surface area contributed by atoms with E-state index in [2.05, 4.69) is 6.58 Å². The number of fused-ring (bicyclic) bond motifs is 1. The summed E-state index contributed by atoms with van der Waals surface area (Å²) >= 11 is 1.01. The standard InChI is InChI=1S/C13H13NO3S/c1-3-9(15)8-13(17)12(16)14(2)10-6-4-5-7-11(10)18-13/h3-7,17H,1,8H2,2H3. The van der Waals surface area contributed by atoms with E-state index in [1.54, 1.807) is 13.1 Å². The number of amides is 1. The lowest BCUT2D eigenvalue weighted by atomic mass is 10.1. The molecule has 1 aliphatic rings. The molecule has 0 fully saturated rings. The first-order valence-corrected chi connectivity index (χ1v) is 6.23. The zero-order valence-electron chi connectivity index (χ0n) is 9.92. The van der Waals surface area contributed by atoms with Crippen LogP contribution in [0.3, 0.4) is 0 Å². The Labute approximate surface area is 109 Å². The molecule has 1 N–H and O–H groups in total. The number of hydrogen-bond donors (Lipinski definition) is 1. The Morgan fingerprint density at radius 3 is 2.89 bits per heavy atom. The van der Waals surface area contributed by atoms with E-state index in [9.17, 15) is 14.7 Å². The topological polar surface area (TPSA) is 57.6 Å². The smallest absolute Gasteiger partial charge is 0.270 e. The zero-order valence-corrected chi connectivity index (χ0v) is 10.7. The largest absolute Gasteiger partial charge is 0.370 e. The van der Waals surface area contributed by atoms with Crippen molar-refractivity contribution in [2.45, 2.75) is 16.2 Å². The molecule has 0 bridgehead atoms. The summed E-state index contributed by atoms with van der Waals surface area (Å²) in [6.07, 6.45) is 0.852. The monoisotopic (exact) mass is 263 g/mol. The van der Waals surface area contributed by atoms with Crippen LogP contribution in [0.1, 0.15) is 6.42 Å². The number of hydrogen-bond acceptors (Lipinski definition) is 4. The molecule has 1 amide bonds. The first-order valence-electron chi connectivity index (χ1n) is 5.42. The average Bonchev–Trinajstić information content (AvgIpc) is 2.36. The minimum Gasteiger partial charge on any atom is -0.370 e. The highest BCUT2D eigenvalue weighted by molar-refractivity contribution is 8.01. The normalized spacial score (nSPS) is 22.6. The minimum atomic E-state index is -1.74. The lowest BCUT2D eigenvalue weighted by molar-refractivity contribution is -0.133. The van der Waals surface area contributed by atoms with Gasteiger partial charge in [-0.15, -0.1) is 0 Å². The summed E-state index contributed by atoms with van der Waals surface area (Å²) in [7, 11) is 1.59. The highest BCUT2D eigenvalue weighted by Gasteiger charge is 2.45. The Morgan fingerprint density at radius 1 is 1.56 bits per heavy atom. The van der Waals surface area contributed by atoms with Gasteiger partial charge >= 0.3 is 0 Å². The second-order valence-corrected chi connectivity index (χ2v) is 5.38. The highest BCUT2D eigenvalue weighted by Crippen LogP contribution is 2.44. The van der Waals surface area contributed by atoms with E-state index in [1.807, 2.05) is 18.2 Å². The molecule has 1 atom stereocenters. The van der Waals surface area contributed by atoms with Crippen LogP contribution in [0.15, 0.2) is 41.8 Å². The number of carbonyl (C=O) groups excluding carboxylic acids is 2. The van der Waals surface area contributed by atoms with Gasteiger partial charge in [-0.2, -0.15) is 0 Å². The first kappa shape index (κ1) is 12.9. The molecule has 1 aliphatic heterocycles. The molecule has 4 nitrogen and oxygen atoms in total. The van der Waals surface area contributed by atoms with Gasteiger partial charge in [0.25, 0.3) is 5.91 Å². The van der Waals surface area contributed by atoms with E-state index >= 15 is 0 Å². The summed E-state index contributed by atoms with van der Waals surface area (Å²) < 4.78 is 0. The molecule has 0 saturated carbocycles. The Morgan fingerprint density at radius 2 is 2.22 bits per heavy atom. The van der Waals surface area contributed by atoms with Gasteiger partial charge in [-0.3, -0.25) is 9.59 Å². The fraction of sp³-hybridized carbons (Fsp3) is 0.231. The number of benzene rings is 1. The molecule has 0 spiro atoms. The lowest BCUT2D eigenvalue weighted by Crippen LogP contribution is -2.49. The van der Waals surface area contributed by atoms with Crippen LogP contribution in [0.2, 0.25) is 0 Å². The fourth-order valence-electron chi connectivity index (χ4n) is 1.84. The van der Waals surface area contributed by atoms with Crippen molar-refractivity contribution >= 4 is 29.1 Å². The average molecular weight is 263 g/mol. The third-order valence-electron chi connectivity index (χ3n) is 2.79. The first-order chi connectivity index (χ1) is 8.48. The van der Waals surface area contributed by atoms with Crippen molar-refractivity contribution in [1.82, 2.24) is 0 Å². The van der Waals surface area contributed by atoms with Crippen molar-refractivity contribution in [3.8, 4) is 0 Å². The number of carbonyl (C=O) groups is 2. The SMILES string of the molecule is C=CC(=O)CC1(O)Sc2ccccc2N(C)C1=O. The molecule has 18 heavy (non-hydrogen) atoms. The summed E-state index contributed by atoms with van der Waals surface area (Å²) in [5.74, 6) is -0.840. The predicted molar refractivity (Wildman–Crippen MR) is 70.5 cm³/mol. The predicted octanol–water partition coefficient (Wildman–Crippen LogP) is 1.59. The van der Waals surface area contributed by atoms with Gasteiger partial charge in [0, 0.05) is 11.9 Å². The van der Waals surface area contributed by atoms with E-state index < -0.39 is 10.8 Å². The molecule has 1 aromatic rings. The van der Waals surface area contributed by atoms with Crippen molar-refractivity contribution in [3.05, 3.63) is 36.9 Å². The maximum atomic E-state index is 12.1. The number of aliphatic hydroxyl groups is 1. The number of nitrogens with zero attached hydrogens (tertiary/aromatic N) is 1. The van der Waals surface area contributed by atoms with E-state index in [-0.39, 0.29) is 12.2 Å². The van der Waals surface area contributed by atoms with E-state index in [1.165, 1.54) is 4.90 Å². The molecule has 0 aliphatic carbocycles. The van der Waals surface area contributed by atoms with Crippen LogP contribution in [0.25, 0.3) is 0 Å². The third kappa shape index (κ3) is 2.07. The zero-order chi connectivity index (χ0) is 13.3. The molecular formula is C13H13NO3S. The van der Waals surface area contributed by atoms with Crippen molar-refractivity contribution in [2.24, 2.45) is 0 Å². The number of thioether (sulfide) groups is 1. The van der Waals surface area contributed by atoms with E-state index in [0.717, 1.165) is 28.4 Å². The van der Waals surface area contributed by atoms with Crippen molar-refractivity contribution in [1.29, 1.82) is 0 Å². The molecule has 1 unspecified atom stereocenters. The van der Waals surface area contributed by atoms with Gasteiger partial charge in [-0.25, -0.2) is 0 Å². The number of rotatable bonds is 3. The number of allylic oxidation sites excluding steroid dienone is 1. The second-order valence-electron chi connectivity index (χ2n) is 4.07. The van der Waals surface area contributed by atoms with Crippen LogP contribution in [0.5, 0.6) is 0 Å². The van der Waals surface area contributed by atoms with E-state index in [0.29, 0.717) is 0 Å². The second kappa shape index (κ2) is 4.59. The number of para-hydroxylation sites is 1. The van der Waals surface area contributed by atoms with Crippen LogP contribution in [-0.4, -0.2) is 28.8 Å². The van der Waals surface area contributed by atoms with E-state index in [4.69, 9.17) is 0 Å². The highest BCUT2D eigenvalue weighted by atomic mass is 32.2. The maximum absolute atomic E-state index is 12.1. The summed E-state index contributed by atoms with van der Waals surface area (Å²) in [6, 6.07) is 7.26. The molecular weight excluding hydrogens is 250 g/mol. The lowest BCUT2D eigenvalue weighted by Gasteiger charge is -2.36. The summed E-state index contributed by atoms with van der Waals surface area (Å²) in [5.41, 5.74) is 0.739. The third-order valence-corrected chi connectivity index (χ3v) is 4.01. The van der Waals surface area contributed by atoms with Crippen LogP contribution in [0.4, 0.5) is 5.69 Å². The molecule has 1 aromatic carbocycles. The van der Waals surface area contributed by atoms with Crippen molar-refractivity contribution < 1.29 is 14.7 Å². The molecule has 1 heterocycles. The van der Waals surface area contributed by atoms with Gasteiger partial charge in [-0.05, 0) is 18.2 Å². The van der Waals surface area contributed by atoms with Gasteiger partial charge in [0.2, 0.25) is 4.93 Å². The molecule has 0 radical (unpaired) electrons. The van der Waals surface area contributed by atoms with Crippen molar-refractivity contribution in [3.63, 3.8) is 0 Å². The molecule has 0 saturated heterocycles. The Kier molecular flexibility index (Phi) is 3.28. The molecule has 94 valence electrons. The summed E-state index contributed by atoms with van der Waals surface area (Å²) in [6.45, 7) is 3.35. The number of likely N-dealkylation sites (N-methyl/N-ethyl adjacent to an activating group) is 1. The van der Waals surface area contributed by atoms with Gasteiger partial charge in [0.1, 0.15) is 0 Å². The van der Waals surface area contributed by atoms with Crippen LogP contribution < -0.4 is 4.90 Å². The molecule has 2 rings (SSSR count). The summed E-state index contributed by atoms with van der Waals surface area (Å²) in [5, 5.41) is 10.4. The van der Waals surface area contributed by atoms with Crippen LogP contribution >= 0.6 is 11.8 Å². The quantitative estimate of drug-likeness (QED) is 0.841. The summed E-state index contributed by atoms with van der Waals surface area (Å²) in [4.78, 5) is 23.9. The Hall–Kier alpha value is -1.59. The Balaban J connectivity index is 2.40. The Bertz CT molecular complexity index is 529. The molecule has 0 aromatic heterocycles. The van der Waals surface area contributed by atoms with Gasteiger partial charge in [0.05, 0.1) is 12.1 Å². The minimum absolute atomic E-state index is 0.265. The van der Waals surface area contributed by atoms with Gasteiger partial charge < -0.3 is 10.0 Å². The van der Waals surface area contributed by atoms with Crippen LogP contribution in [-0.2, 0) is 9.59 Å². The van der Waals surface area contributed by atoms with Gasteiger partial charge in [-0.1, -0.05) is 30.5 Å². The van der Waals surface area contributed by atoms with Crippen LogP contribution in [0, 0.1) is 0 Å². The fourth-order valence-corrected chi connectivity index (χ4v) is 3.10. The molecule has 5 heteroatoms. The number of ketones is 1. The maximum Gasteiger partial charge on any atom is 0.270 e.